The summed E-state index contributed by atoms with van der Waals surface area (Å²) in [5, 5.41) is 2.66. The van der Waals surface area contributed by atoms with Crippen molar-refractivity contribution in [1.82, 2.24) is 19.6 Å². The Morgan fingerprint density at radius 3 is 3.18 bits per heavy atom. The lowest BCUT2D eigenvalue weighted by Gasteiger charge is -1.90. The molecule has 5 heteroatoms. The summed E-state index contributed by atoms with van der Waals surface area (Å²) in [5.41, 5.74) is 0.499. The van der Waals surface area contributed by atoms with E-state index in [0.717, 1.165) is 0 Å². The summed E-state index contributed by atoms with van der Waals surface area (Å²) in [6.45, 7) is 1.71. The van der Waals surface area contributed by atoms with Crippen molar-refractivity contribution in [3.8, 4) is 0 Å². The van der Waals surface area contributed by atoms with Crippen molar-refractivity contribution in [2.45, 2.75) is 6.92 Å². The van der Waals surface area contributed by atoms with Crippen LogP contribution in [-0.2, 0) is 0 Å². The van der Waals surface area contributed by atoms with Crippen LogP contribution in [0.3, 0.4) is 0 Å². The molecule has 0 saturated heterocycles. The van der Waals surface area contributed by atoms with Crippen LogP contribution < -0.4 is 5.56 Å². The highest BCUT2D eigenvalue weighted by molar-refractivity contribution is 5.24. The van der Waals surface area contributed by atoms with Gasteiger partial charge < -0.3 is 0 Å². The molecular formula is C6H6N4O. The fraction of sp³-hybridized carbons (Fsp3) is 0.167. The minimum Gasteiger partial charge on any atom is -0.278 e. The van der Waals surface area contributed by atoms with Gasteiger partial charge in [-0.3, -0.25) is 9.89 Å². The Morgan fingerprint density at radius 2 is 2.36 bits per heavy atom. The second-order valence-electron chi connectivity index (χ2n) is 2.27. The molecule has 1 N–H and O–H groups in total. The number of nitrogens with zero attached hydrogens (tertiary/aromatic N) is 3. The maximum absolute atomic E-state index is 11.2. The Labute approximate surface area is 61.7 Å². The third kappa shape index (κ3) is 0.739. The molecule has 5 nitrogen and oxygen atoms in total. The number of nitrogens with one attached hydrogen (secondary N) is 1. The Hall–Kier alpha value is -1.65. The molecule has 0 amide bonds. The number of hydrogen-bond acceptors (Lipinski definition) is 3. The average Bonchev–Trinajstić information content (AvgIpc) is 2.45. The molecule has 0 aliphatic heterocycles. The van der Waals surface area contributed by atoms with Crippen molar-refractivity contribution in [2.75, 3.05) is 0 Å². The zero-order chi connectivity index (χ0) is 7.84. The number of hydrogen-bond donors (Lipinski definition) is 1. The van der Waals surface area contributed by atoms with Crippen LogP contribution in [0, 0.1) is 6.92 Å². The summed E-state index contributed by atoms with van der Waals surface area (Å²) < 4.78 is 1.30. The van der Waals surface area contributed by atoms with E-state index in [2.05, 4.69) is 15.1 Å². The first kappa shape index (κ1) is 6.09. The normalized spacial score (nSPS) is 10.6. The lowest BCUT2D eigenvalue weighted by Crippen LogP contribution is -2.17. The second-order valence-corrected chi connectivity index (χ2v) is 2.27. The molecular weight excluding hydrogens is 144 g/mol. The predicted molar refractivity (Wildman–Crippen MR) is 38.3 cm³/mol. The van der Waals surface area contributed by atoms with E-state index < -0.39 is 0 Å². The standard InChI is InChI=1S/C6H6N4O/c1-4-2-7-6-8-3-9-10(6)5(4)11/h2-3H,1H3,(H,7,8,9). The molecule has 56 valence electrons. The van der Waals surface area contributed by atoms with Crippen LogP contribution in [0.2, 0.25) is 0 Å². The van der Waals surface area contributed by atoms with Crippen LogP contribution in [-0.4, -0.2) is 19.6 Å². The van der Waals surface area contributed by atoms with Gasteiger partial charge in [0.25, 0.3) is 11.3 Å². The van der Waals surface area contributed by atoms with E-state index in [1.807, 2.05) is 0 Å². The highest BCUT2D eigenvalue weighted by atomic mass is 16.1. The van der Waals surface area contributed by atoms with Crippen molar-refractivity contribution >= 4 is 5.78 Å². The monoisotopic (exact) mass is 150 g/mol. The predicted octanol–water partition coefficient (Wildman–Crippen LogP) is -0.274. The molecule has 2 aromatic heterocycles. The molecule has 2 rings (SSSR count). The number of aryl methyl sites for hydroxylation is 1. The molecule has 0 spiro atoms. The number of rotatable bonds is 0. The molecule has 2 aromatic rings. The maximum Gasteiger partial charge on any atom is 0.276 e. The summed E-state index contributed by atoms with van der Waals surface area (Å²) in [4.78, 5) is 19.0. The van der Waals surface area contributed by atoms with E-state index in [9.17, 15) is 4.79 Å². The Bertz CT molecular complexity index is 441. The average molecular weight is 150 g/mol. The van der Waals surface area contributed by atoms with Crippen LogP contribution in [0.15, 0.2) is 17.3 Å². The molecule has 0 aromatic carbocycles. The van der Waals surface area contributed by atoms with Crippen molar-refractivity contribution in [1.29, 1.82) is 0 Å². The second kappa shape index (κ2) is 1.91. The number of H-pyrrole nitrogens is 1. The topological polar surface area (TPSA) is 63.1 Å². The molecule has 0 unspecified atom stereocenters. The highest BCUT2D eigenvalue weighted by Crippen LogP contribution is 1.88. The van der Waals surface area contributed by atoms with Crippen LogP contribution in [0.5, 0.6) is 0 Å². The molecule has 0 aliphatic rings. The molecule has 11 heavy (non-hydrogen) atoms. The van der Waals surface area contributed by atoms with Crippen LogP contribution >= 0.6 is 0 Å². The SMILES string of the molecule is Cc1cnc2nc[nH]n2c1=O. The molecule has 0 saturated carbocycles. The minimum atomic E-state index is -0.104. The maximum atomic E-state index is 11.2. The van der Waals surface area contributed by atoms with Gasteiger partial charge in [-0.25, -0.2) is 9.97 Å². The lowest BCUT2D eigenvalue weighted by atomic mass is 10.4. The summed E-state index contributed by atoms with van der Waals surface area (Å²) in [7, 11) is 0. The summed E-state index contributed by atoms with van der Waals surface area (Å²) in [6, 6.07) is 0. The van der Waals surface area contributed by atoms with Crippen LogP contribution in [0.4, 0.5) is 0 Å². The van der Waals surface area contributed by atoms with Crippen LogP contribution in [0.25, 0.3) is 5.78 Å². The molecule has 0 fully saturated rings. The first-order valence-electron chi connectivity index (χ1n) is 3.17. The Morgan fingerprint density at radius 1 is 1.55 bits per heavy atom. The van der Waals surface area contributed by atoms with Gasteiger partial charge in [-0.05, 0) is 6.92 Å². The molecule has 0 atom stereocenters. The summed E-state index contributed by atoms with van der Waals surface area (Å²) >= 11 is 0. The van der Waals surface area contributed by atoms with Crippen molar-refractivity contribution in [3.05, 3.63) is 28.4 Å². The van der Waals surface area contributed by atoms with E-state index in [1.54, 1.807) is 6.92 Å². The Balaban J connectivity index is 3.05. The van der Waals surface area contributed by atoms with Gasteiger partial charge in [0.2, 0.25) is 0 Å². The third-order valence-electron chi connectivity index (χ3n) is 1.48. The fourth-order valence-electron chi connectivity index (χ4n) is 0.886. The van der Waals surface area contributed by atoms with Crippen LogP contribution in [0.1, 0.15) is 5.56 Å². The summed E-state index contributed by atoms with van der Waals surface area (Å²) in [5.74, 6) is 0.403. The Kier molecular flexibility index (Phi) is 1.06. The van der Waals surface area contributed by atoms with Gasteiger partial charge in [0.1, 0.15) is 6.33 Å². The van der Waals surface area contributed by atoms with E-state index in [1.165, 1.54) is 17.0 Å². The van der Waals surface area contributed by atoms with Gasteiger partial charge in [0.15, 0.2) is 0 Å². The van der Waals surface area contributed by atoms with Crippen molar-refractivity contribution in [3.63, 3.8) is 0 Å². The molecule has 2 heterocycles. The van der Waals surface area contributed by atoms with Crippen molar-refractivity contribution in [2.24, 2.45) is 0 Å². The van der Waals surface area contributed by atoms with E-state index in [-0.39, 0.29) is 5.56 Å². The molecule has 0 aliphatic carbocycles. The molecule has 0 radical (unpaired) electrons. The van der Waals surface area contributed by atoms with Gasteiger partial charge in [-0.1, -0.05) is 0 Å². The van der Waals surface area contributed by atoms with E-state index >= 15 is 0 Å². The molecule has 0 bridgehead atoms. The van der Waals surface area contributed by atoms with E-state index in [4.69, 9.17) is 0 Å². The lowest BCUT2D eigenvalue weighted by molar-refractivity contribution is 0.884. The number of fused-ring (bicyclic) bond motifs is 1. The number of aromatic nitrogens is 4. The third-order valence-corrected chi connectivity index (χ3v) is 1.48. The zero-order valence-electron chi connectivity index (χ0n) is 5.90. The zero-order valence-corrected chi connectivity index (χ0v) is 5.90. The first-order valence-corrected chi connectivity index (χ1v) is 3.17. The van der Waals surface area contributed by atoms with Gasteiger partial charge >= 0.3 is 0 Å². The van der Waals surface area contributed by atoms with Gasteiger partial charge in [0, 0.05) is 11.8 Å². The van der Waals surface area contributed by atoms with Gasteiger partial charge in [0.05, 0.1) is 0 Å². The largest absolute Gasteiger partial charge is 0.278 e. The quantitative estimate of drug-likeness (QED) is 0.562. The number of aromatic amines is 1. The van der Waals surface area contributed by atoms with E-state index in [0.29, 0.717) is 11.3 Å². The minimum absolute atomic E-state index is 0.104. The first-order chi connectivity index (χ1) is 5.29. The van der Waals surface area contributed by atoms with Crippen molar-refractivity contribution < 1.29 is 0 Å². The smallest absolute Gasteiger partial charge is 0.276 e. The fourth-order valence-corrected chi connectivity index (χ4v) is 0.886. The van der Waals surface area contributed by atoms with Gasteiger partial charge in [-0.2, -0.15) is 4.52 Å². The highest BCUT2D eigenvalue weighted by Gasteiger charge is 1.99. The van der Waals surface area contributed by atoms with Gasteiger partial charge in [-0.15, -0.1) is 0 Å². The summed E-state index contributed by atoms with van der Waals surface area (Å²) in [6.07, 6.45) is 2.95.